The third kappa shape index (κ3) is 1.29. The second-order valence-electron chi connectivity index (χ2n) is 7.08. The largest absolute Gasteiger partial charge is 0.245 e. The highest BCUT2D eigenvalue weighted by Gasteiger charge is 2.56. The van der Waals surface area contributed by atoms with E-state index in [1.54, 1.807) is 0 Å². The maximum absolute atomic E-state index is 4.84. The minimum Gasteiger partial charge on any atom is -0.245 e. The van der Waals surface area contributed by atoms with Gasteiger partial charge in [0.05, 0.1) is 6.20 Å². The van der Waals surface area contributed by atoms with Crippen molar-refractivity contribution in [2.75, 3.05) is 0 Å². The molecule has 0 fully saturated rings. The van der Waals surface area contributed by atoms with Gasteiger partial charge in [0.15, 0.2) is 11.7 Å². The standard InChI is InChI=1S/C19H24N3/c1-6-18(4)19(5,7-2)22-17-15(12-20-22)13(3)11-14-9-8-10-21(18)16(14)17/h8-12H,6-7H2,1-5H3/q+1. The molecule has 2 atom stereocenters. The molecule has 114 valence electrons. The van der Waals surface area contributed by atoms with Crippen molar-refractivity contribution in [3.8, 4) is 0 Å². The first kappa shape index (κ1) is 13.7. The first-order chi connectivity index (χ1) is 10.5. The molecule has 22 heavy (non-hydrogen) atoms. The summed E-state index contributed by atoms with van der Waals surface area (Å²) in [5.41, 5.74) is 3.93. The zero-order valence-electron chi connectivity index (χ0n) is 14.1. The number of nitrogens with zero attached hydrogens (tertiary/aromatic N) is 3. The van der Waals surface area contributed by atoms with E-state index in [1.807, 2.05) is 0 Å². The molecule has 3 nitrogen and oxygen atoms in total. The second kappa shape index (κ2) is 4.09. The summed E-state index contributed by atoms with van der Waals surface area (Å²) in [5.74, 6) is 0. The molecule has 3 heterocycles. The van der Waals surface area contributed by atoms with Crippen molar-refractivity contribution in [1.82, 2.24) is 9.78 Å². The Kier molecular flexibility index (Phi) is 2.56. The predicted molar refractivity (Wildman–Crippen MR) is 90.0 cm³/mol. The summed E-state index contributed by atoms with van der Waals surface area (Å²) in [5, 5.41) is 7.43. The molecule has 1 aromatic carbocycles. The van der Waals surface area contributed by atoms with Gasteiger partial charge in [-0.15, -0.1) is 0 Å². The number of aromatic nitrogens is 3. The summed E-state index contributed by atoms with van der Waals surface area (Å²) in [7, 11) is 0. The Bertz CT molecular complexity index is 908. The van der Waals surface area contributed by atoms with E-state index in [4.69, 9.17) is 5.10 Å². The van der Waals surface area contributed by atoms with Crippen molar-refractivity contribution in [1.29, 1.82) is 0 Å². The summed E-state index contributed by atoms with van der Waals surface area (Å²) < 4.78 is 4.82. The van der Waals surface area contributed by atoms with Gasteiger partial charge in [0, 0.05) is 30.2 Å². The Labute approximate surface area is 131 Å². The Morgan fingerprint density at radius 3 is 2.68 bits per heavy atom. The van der Waals surface area contributed by atoms with E-state index >= 15 is 0 Å². The molecule has 0 bridgehead atoms. The molecule has 0 radical (unpaired) electrons. The number of aryl methyl sites for hydroxylation is 1. The van der Waals surface area contributed by atoms with E-state index in [0.29, 0.717) is 0 Å². The van der Waals surface area contributed by atoms with Crippen molar-refractivity contribution in [3.63, 3.8) is 0 Å². The van der Waals surface area contributed by atoms with Crippen LogP contribution >= 0.6 is 0 Å². The lowest BCUT2D eigenvalue weighted by atomic mass is 9.73. The molecule has 0 aliphatic carbocycles. The molecule has 0 saturated carbocycles. The highest BCUT2D eigenvalue weighted by atomic mass is 15.4. The average Bonchev–Trinajstić information content (AvgIpc) is 2.98. The molecule has 0 saturated heterocycles. The van der Waals surface area contributed by atoms with Crippen molar-refractivity contribution in [3.05, 3.63) is 36.2 Å². The van der Waals surface area contributed by atoms with Crippen LogP contribution in [0.5, 0.6) is 0 Å². The monoisotopic (exact) mass is 294 g/mol. The quantitative estimate of drug-likeness (QED) is 0.653. The average molecular weight is 294 g/mol. The smallest absolute Gasteiger partial charge is 0.239 e. The van der Waals surface area contributed by atoms with E-state index in [0.717, 1.165) is 12.8 Å². The lowest BCUT2D eigenvalue weighted by Gasteiger charge is -2.44. The maximum Gasteiger partial charge on any atom is 0.239 e. The van der Waals surface area contributed by atoms with E-state index < -0.39 is 0 Å². The highest BCUT2D eigenvalue weighted by molar-refractivity contribution is 6.03. The van der Waals surface area contributed by atoms with Crippen LogP contribution in [0.3, 0.4) is 0 Å². The van der Waals surface area contributed by atoms with Crippen LogP contribution in [-0.2, 0) is 11.1 Å². The minimum atomic E-state index is -0.0246. The van der Waals surface area contributed by atoms with Crippen LogP contribution in [0.1, 0.15) is 46.1 Å². The molecular weight excluding hydrogens is 270 g/mol. The number of benzene rings is 1. The summed E-state index contributed by atoms with van der Waals surface area (Å²) in [4.78, 5) is 0. The van der Waals surface area contributed by atoms with Crippen molar-refractivity contribution in [2.45, 2.75) is 58.5 Å². The zero-order valence-corrected chi connectivity index (χ0v) is 14.1. The first-order valence-electron chi connectivity index (χ1n) is 8.30. The van der Waals surface area contributed by atoms with Gasteiger partial charge in [0.2, 0.25) is 5.52 Å². The number of hydrogen-bond acceptors (Lipinski definition) is 1. The van der Waals surface area contributed by atoms with Gasteiger partial charge >= 0.3 is 0 Å². The van der Waals surface area contributed by atoms with Crippen molar-refractivity contribution >= 4 is 21.8 Å². The number of pyridine rings is 1. The molecule has 2 aromatic heterocycles. The van der Waals surface area contributed by atoms with Crippen LogP contribution in [0.15, 0.2) is 30.6 Å². The molecule has 0 amide bonds. The van der Waals surface area contributed by atoms with Crippen molar-refractivity contribution < 1.29 is 4.57 Å². The maximum atomic E-state index is 4.84. The Hall–Kier alpha value is -1.90. The fourth-order valence-electron chi connectivity index (χ4n) is 4.42. The summed E-state index contributed by atoms with van der Waals surface area (Å²) in [6.45, 7) is 11.5. The summed E-state index contributed by atoms with van der Waals surface area (Å²) in [6, 6.07) is 6.70. The van der Waals surface area contributed by atoms with E-state index in [1.165, 1.54) is 27.4 Å². The molecule has 0 N–H and O–H groups in total. The molecule has 4 rings (SSSR count). The van der Waals surface area contributed by atoms with Gasteiger partial charge in [-0.2, -0.15) is 9.67 Å². The fourth-order valence-corrected chi connectivity index (χ4v) is 4.42. The third-order valence-electron chi connectivity index (χ3n) is 6.35. The van der Waals surface area contributed by atoms with Crippen LogP contribution in [0.2, 0.25) is 0 Å². The summed E-state index contributed by atoms with van der Waals surface area (Å²) >= 11 is 0. The van der Waals surface area contributed by atoms with Gasteiger partial charge in [-0.25, -0.2) is 4.68 Å². The first-order valence-corrected chi connectivity index (χ1v) is 8.30. The van der Waals surface area contributed by atoms with E-state index in [-0.39, 0.29) is 11.1 Å². The Balaban J connectivity index is 2.33. The topological polar surface area (TPSA) is 21.7 Å². The van der Waals surface area contributed by atoms with Crippen LogP contribution < -0.4 is 4.57 Å². The van der Waals surface area contributed by atoms with Gasteiger partial charge in [-0.1, -0.05) is 13.8 Å². The lowest BCUT2D eigenvalue weighted by molar-refractivity contribution is -0.755. The van der Waals surface area contributed by atoms with Gasteiger partial charge in [0.1, 0.15) is 11.1 Å². The number of hydrogen-bond donors (Lipinski definition) is 0. The highest BCUT2D eigenvalue weighted by Crippen LogP contribution is 2.44. The van der Waals surface area contributed by atoms with Crippen LogP contribution in [0, 0.1) is 6.92 Å². The van der Waals surface area contributed by atoms with Gasteiger partial charge in [0.25, 0.3) is 0 Å². The van der Waals surface area contributed by atoms with Gasteiger partial charge in [-0.3, -0.25) is 0 Å². The Morgan fingerprint density at radius 1 is 1.23 bits per heavy atom. The lowest BCUT2D eigenvalue weighted by Crippen LogP contribution is -2.68. The molecular formula is C19H24N3+. The van der Waals surface area contributed by atoms with Gasteiger partial charge in [-0.05, 0) is 38.0 Å². The van der Waals surface area contributed by atoms with Gasteiger partial charge < -0.3 is 0 Å². The zero-order chi connectivity index (χ0) is 15.7. The van der Waals surface area contributed by atoms with E-state index in [2.05, 4.69) is 74.5 Å². The number of rotatable bonds is 2. The van der Waals surface area contributed by atoms with Crippen LogP contribution in [0.25, 0.3) is 21.8 Å². The molecule has 2 unspecified atom stereocenters. The molecule has 1 aliphatic rings. The fraction of sp³-hybridized carbons (Fsp3) is 0.474. The molecule has 1 aliphatic heterocycles. The molecule has 3 aromatic rings. The molecule has 0 spiro atoms. The van der Waals surface area contributed by atoms with Crippen molar-refractivity contribution in [2.24, 2.45) is 0 Å². The minimum absolute atomic E-state index is 0.0163. The van der Waals surface area contributed by atoms with Crippen LogP contribution in [-0.4, -0.2) is 9.78 Å². The Morgan fingerprint density at radius 2 is 2.00 bits per heavy atom. The second-order valence-corrected chi connectivity index (χ2v) is 7.08. The van der Waals surface area contributed by atoms with Crippen LogP contribution in [0.4, 0.5) is 0 Å². The third-order valence-corrected chi connectivity index (χ3v) is 6.35. The predicted octanol–water partition coefficient (Wildman–Crippen LogP) is 4.05. The van der Waals surface area contributed by atoms with E-state index in [9.17, 15) is 0 Å². The normalized spacial score (nSPS) is 27.1. The SMILES string of the molecule is CCC1(C)n2ncc3c(C)cc4ccc[n+](c4c32)C1(C)CC. The summed E-state index contributed by atoms with van der Waals surface area (Å²) in [6.07, 6.45) is 6.45. The molecule has 3 heteroatoms.